The molecule has 1 nitrogen and oxygen atoms in total. The van der Waals surface area contributed by atoms with Crippen molar-refractivity contribution >= 4 is 11.6 Å². The molecule has 0 saturated carbocycles. The molecule has 1 heterocycles. The van der Waals surface area contributed by atoms with Gasteiger partial charge in [-0.3, -0.25) is 4.98 Å². The molecule has 1 rings (SSSR count). The third kappa shape index (κ3) is 4.10. The number of aromatic nitrogens is 1. The van der Waals surface area contributed by atoms with Crippen LogP contribution in [0.25, 0.3) is 0 Å². The van der Waals surface area contributed by atoms with Crippen LogP contribution in [0.2, 0.25) is 0 Å². The Kier molecular flexibility index (Phi) is 4.95. The quantitative estimate of drug-likeness (QED) is 0.677. The van der Waals surface area contributed by atoms with E-state index in [4.69, 9.17) is 11.6 Å². The molecule has 0 aromatic carbocycles. The van der Waals surface area contributed by atoms with E-state index in [1.165, 1.54) is 18.4 Å². The summed E-state index contributed by atoms with van der Waals surface area (Å²) in [4.78, 5) is 4.34. The fourth-order valence-electron chi connectivity index (χ4n) is 1.37. The fraction of sp³-hybridized carbons (Fsp3) is 0.583. The number of hydrogen-bond donors (Lipinski definition) is 0. The summed E-state index contributed by atoms with van der Waals surface area (Å²) in [5.74, 6) is 0. The number of unbranched alkanes of at least 4 members (excludes halogenated alkanes) is 1. The van der Waals surface area contributed by atoms with E-state index in [1.807, 2.05) is 13.1 Å². The lowest BCUT2D eigenvalue weighted by Crippen LogP contribution is -2.04. The molecule has 1 atom stereocenters. The van der Waals surface area contributed by atoms with Crippen molar-refractivity contribution in [3.63, 3.8) is 0 Å². The minimum Gasteiger partial charge on any atom is -0.261 e. The highest BCUT2D eigenvalue weighted by molar-refractivity contribution is 6.20. The number of alkyl halides is 1. The van der Waals surface area contributed by atoms with Crippen LogP contribution in [0.5, 0.6) is 0 Å². The molecule has 0 fully saturated rings. The fourth-order valence-corrected chi connectivity index (χ4v) is 1.69. The van der Waals surface area contributed by atoms with E-state index in [0.717, 1.165) is 18.5 Å². The topological polar surface area (TPSA) is 12.9 Å². The van der Waals surface area contributed by atoms with Crippen LogP contribution in [0, 0.1) is 6.92 Å². The molecular weight excluding hydrogens is 194 g/mol. The van der Waals surface area contributed by atoms with Gasteiger partial charge in [-0.2, -0.15) is 0 Å². The van der Waals surface area contributed by atoms with E-state index in [9.17, 15) is 0 Å². The Morgan fingerprint density at radius 1 is 1.43 bits per heavy atom. The Morgan fingerprint density at radius 3 is 2.79 bits per heavy atom. The van der Waals surface area contributed by atoms with Gasteiger partial charge in [-0.1, -0.05) is 25.8 Å². The summed E-state index contributed by atoms with van der Waals surface area (Å²) in [5, 5.41) is 0.241. The minimum absolute atomic E-state index is 0.241. The average molecular weight is 212 g/mol. The van der Waals surface area contributed by atoms with Crippen LogP contribution in [0.1, 0.15) is 37.4 Å². The largest absolute Gasteiger partial charge is 0.261 e. The maximum absolute atomic E-state index is 6.19. The molecule has 0 amide bonds. The zero-order chi connectivity index (χ0) is 10.4. The summed E-state index contributed by atoms with van der Waals surface area (Å²) in [6.45, 7) is 4.24. The lowest BCUT2D eigenvalue weighted by molar-refractivity contribution is 0.668. The van der Waals surface area contributed by atoms with Crippen LogP contribution in [0.4, 0.5) is 0 Å². The first-order chi connectivity index (χ1) is 6.72. The van der Waals surface area contributed by atoms with Gasteiger partial charge in [0.05, 0.1) is 0 Å². The summed E-state index contributed by atoms with van der Waals surface area (Å²) in [6.07, 6.45) is 6.30. The van der Waals surface area contributed by atoms with Gasteiger partial charge < -0.3 is 0 Å². The van der Waals surface area contributed by atoms with E-state index in [2.05, 4.69) is 24.0 Å². The number of hydrogen-bond acceptors (Lipinski definition) is 1. The van der Waals surface area contributed by atoms with Crippen LogP contribution in [-0.2, 0) is 6.42 Å². The number of pyridine rings is 1. The second kappa shape index (κ2) is 6.02. The Balaban J connectivity index is 2.39. The standard InChI is InChI=1S/C12H18ClN/c1-3-4-5-11(13)8-12-7-6-10(2)9-14-12/h6-7,9,11H,3-5,8H2,1-2H3. The zero-order valence-electron chi connectivity index (χ0n) is 8.96. The molecule has 0 aliphatic heterocycles. The van der Waals surface area contributed by atoms with Gasteiger partial charge in [0, 0.05) is 23.7 Å². The van der Waals surface area contributed by atoms with Gasteiger partial charge >= 0.3 is 0 Å². The van der Waals surface area contributed by atoms with Gasteiger partial charge in [0.25, 0.3) is 0 Å². The van der Waals surface area contributed by atoms with Gasteiger partial charge in [0.15, 0.2) is 0 Å². The van der Waals surface area contributed by atoms with Gasteiger partial charge in [-0.15, -0.1) is 11.6 Å². The van der Waals surface area contributed by atoms with Crippen LogP contribution in [0.3, 0.4) is 0 Å². The molecule has 14 heavy (non-hydrogen) atoms. The van der Waals surface area contributed by atoms with Crippen molar-refractivity contribution in [2.45, 2.75) is 44.9 Å². The highest BCUT2D eigenvalue weighted by Gasteiger charge is 2.05. The number of halogens is 1. The average Bonchev–Trinajstić information content (AvgIpc) is 2.18. The first kappa shape index (κ1) is 11.5. The van der Waals surface area contributed by atoms with Gasteiger partial charge in [0.2, 0.25) is 0 Å². The molecule has 1 unspecified atom stereocenters. The Hall–Kier alpha value is -0.560. The van der Waals surface area contributed by atoms with Crippen molar-refractivity contribution in [1.82, 2.24) is 4.98 Å². The van der Waals surface area contributed by atoms with Crippen LogP contribution >= 0.6 is 11.6 Å². The molecule has 0 spiro atoms. The third-order valence-corrected chi connectivity index (χ3v) is 2.65. The van der Waals surface area contributed by atoms with Crippen molar-refractivity contribution in [2.24, 2.45) is 0 Å². The van der Waals surface area contributed by atoms with Gasteiger partial charge in [0.1, 0.15) is 0 Å². The van der Waals surface area contributed by atoms with Crippen LogP contribution in [-0.4, -0.2) is 10.4 Å². The Bertz CT molecular complexity index is 256. The first-order valence-electron chi connectivity index (χ1n) is 5.28. The molecule has 0 saturated heterocycles. The van der Waals surface area contributed by atoms with E-state index >= 15 is 0 Å². The highest BCUT2D eigenvalue weighted by Crippen LogP contribution is 2.12. The second-order valence-electron chi connectivity index (χ2n) is 3.77. The second-order valence-corrected chi connectivity index (χ2v) is 4.39. The Labute approximate surface area is 91.5 Å². The molecule has 0 bridgehead atoms. The van der Waals surface area contributed by atoms with E-state index in [0.29, 0.717) is 0 Å². The lowest BCUT2D eigenvalue weighted by atomic mass is 10.1. The summed E-state index contributed by atoms with van der Waals surface area (Å²) in [6, 6.07) is 4.16. The van der Waals surface area contributed by atoms with Crippen molar-refractivity contribution in [2.75, 3.05) is 0 Å². The van der Waals surface area contributed by atoms with Gasteiger partial charge in [-0.25, -0.2) is 0 Å². The smallest absolute Gasteiger partial charge is 0.0418 e. The van der Waals surface area contributed by atoms with E-state index in [1.54, 1.807) is 0 Å². The molecule has 0 radical (unpaired) electrons. The van der Waals surface area contributed by atoms with E-state index < -0.39 is 0 Å². The third-order valence-electron chi connectivity index (χ3n) is 2.27. The van der Waals surface area contributed by atoms with Crippen molar-refractivity contribution in [3.8, 4) is 0 Å². The predicted octanol–water partition coefficient (Wildman–Crippen LogP) is 3.73. The highest BCUT2D eigenvalue weighted by atomic mass is 35.5. The summed E-state index contributed by atoms with van der Waals surface area (Å²) < 4.78 is 0. The molecule has 78 valence electrons. The molecule has 0 N–H and O–H groups in total. The monoisotopic (exact) mass is 211 g/mol. The Morgan fingerprint density at radius 2 is 2.21 bits per heavy atom. The summed E-state index contributed by atoms with van der Waals surface area (Å²) in [7, 11) is 0. The summed E-state index contributed by atoms with van der Waals surface area (Å²) >= 11 is 6.19. The first-order valence-corrected chi connectivity index (χ1v) is 5.71. The minimum atomic E-state index is 0.241. The lowest BCUT2D eigenvalue weighted by Gasteiger charge is -2.07. The molecule has 1 aromatic heterocycles. The molecule has 1 aromatic rings. The van der Waals surface area contributed by atoms with Gasteiger partial charge in [-0.05, 0) is 25.0 Å². The molecule has 2 heteroatoms. The number of nitrogens with zero attached hydrogens (tertiary/aromatic N) is 1. The molecular formula is C12H18ClN. The maximum atomic E-state index is 6.19. The van der Waals surface area contributed by atoms with E-state index in [-0.39, 0.29) is 5.38 Å². The summed E-state index contributed by atoms with van der Waals surface area (Å²) in [5.41, 5.74) is 2.31. The SMILES string of the molecule is CCCCC(Cl)Cc1ccc(C)cn1. The van der Waals surface area contributed by atoms with Crippen LogP contribution < -0.4 is 0 Å². The van der Waals surface area contributed by atoms with Crippen LogP contribution in [0.15, 0.2) is 18.3 Å². The van der Waals surface area contributed by atoms with Crippen molar-refractivity contribution < 1.29 is 0 Å². The zero-order valence-corrected chi connectivity index (χ0v) is 9.72. The normalized spacial score (nSPS) is 12.8. The number of aryl methyl sites for hydroxylation is 1. The maximum Gasteiger partial charge on any atom is 0.0418 e. The molecule has 0 aliphatic carbocycles. The molecule has 0 aliphatic rings. The predicted molar refractivity (Wildman–Crippen MR) is 61.8 cm³/mol. The van der Waals surface area contributed by atoms with Crippen molar-refractivity contribution in [3.05, 3.63) is 29.6 Å². The number of rotatable bonds is 5. The van der Waals surface area contributed by atoms with Crippen molar-refractivity contribution in [1.29, 1.82) is 0 Å².